The number of nitrogens with zero attached hydrogens (tertiary/aromatic N) is 1. The minimum absolute atomic E-state index is 0.287. The predicted octanol–water partition coefficient (Wildman–Crippen LogP) is 3.71. The van der Waals surface area contributed by atoms with Gasteiger partial charge in [0.15, 0.2) is 0 Å². The van der Waals surface area contributed by atoms with Gasteiger partial charge < -0.3 is 15.0 Å². The van der Waals surface area contributed by atoms with E-state index in [0.717, 1.165) is 5.69 Å². The van der Waals surface area contributed by atoms with E-state index in [1.165, 1.54) is 4.90 Å². The summed E-state index contributed by atoms with van der Waals surface area (Å²) in [5, 5.41) is 2.81. The maximum Gasteiger partial charge on any atom is 0.241 e. The topological polar surface area (TPSA) is 58.6 Å². The standard InChI is InChI=1S/C20H24N2O3/c1-5-25-17-14-10-9-13-16(17)21-18(23)20(2,3)19(24)22(4)15-11-7-6-8-12-15/h6-14H,5H2,1-4H3,(H,21,23). The number of amides is 2. The molecule has 0 bridgehead atoms. The van der Waals surface area contributed by atoms with Crippen molar-refractivity contribution >= 4 is 23.2 Å². The Bertz CT molecular complexity index is 742. The normalized spacial score (nSPS) is 10.9. The number of carbonyl (C=O) groups excluding carboxylic acids is 2. The Morgan fingerprint density at radius 1 is 1.04 bits per heavy atom. The van der Waals surface area contributed by atoms with Gasteiger partial charge in [-0.2, -0.15) is 0 Å². The van der Waals surface area contributed by atoms with Crippen LogP contribution in [0.3, 0.4) is 0 Å². The van der Waals surface area contributed by atoms with Gasteiger partial charge in [-0.3, -0.25) is 9.59 Å². The van der Waals surface area contributed by atoms with Gasteiger partial charge in [-0.15, -0.1) is 0 Å². The van der Waals surface area contributed by atoms with E-state index in [1.807, 2.05) is 49.4 Å². The zero-order chi connectivity index (χ0) is 18.4. The quantitative estimate of drug-likeness (QED) is 0.816. The minimum Gasteiger partial charge on any atom is -0.492 e. The van der Waals surface area contributed by atoms with Crippen LogP contribution in [0.4, 0.5) is 11.4 Å². The van der Waals surface area contributed by atoms with E-state index in [-0.39, 0.29) is 11.8 Å². The van der Waals surface area contributed by atoms with Crippen LogP contribution in [0.15, 0.2) is 54.6 Å². The molecule has 5 nitrogen and oxygen atoms in total. The van der Waals surface area contributed by atoms with E-state index in [4.69, 9.17) is 4.74 Å². The summed E-state index contributed by atoms with van der Waals surface area (Å²) >= 11 is 0. The fourth-order valence-corrected chi connectivity index (χ4v) is 2.42. The lowest BCUT2D eigenvalue weighted by molar-refractivity contribution is -0.136. The second-order valence-corrected chi connectivity index (χ2v) is 6.21. The van der Waals surface area contributed by atoms with E-state index in [0.29, 0.717) is 18.0 Å². The average molecular weight is 340 g/mol. The molecule has 0 saturated carbocycles. The largest absolute Gasteiger partial charge is 0.492 e. The molecule has 0 unspecified atom stereocenters. The van der Waals surface area contributed by atoms with Gasteiger partial charge in [-0.25, -0.2) is 0 Å². The lowest BCUT2D eigenvalue weighted by atomic mass is 9.90. The zero-order valence-electron chi connectivity index (χ0n) is 15.1. The molecule has 2 aromatic rings. The number of rotatable bonds is 6. The lowest BCUT2D eigenvalue weighted by Gasteiger charge is -2.28. The monoisotopic (exact) mass is 340 g/mol. The molecule has 2 rings (SSSR count). The molecule has 0 aliphatic carbocycles. The van der Waals surface area contributed by atoms with Gasteiger partial charge in [0.25, 0.3) is 0 Å². The number of hydrogen-bond acceptors (Lipinski definition) is 3. The van der Waals surface area contributed by atoms with Crippen LogP contribution < -0.4 is 15.0 Å². The maximum absolute atomic E-state index is 12.8. The fourth-order valence-electron chi connectivity index (χ4n) is 2.42. The van der Waals surface area contributed by atoms with Crippen molar-refractivity contribution in [1.82, 2.24) is 0 Å². The van der Waals surface area contributed by atoms with Gasteiger partial charge in [0.1, 0.15) is 11.2 Å². The van der Waals surface area contributed by atoms with Crippen molar-refractivity contribution < 1.29 is 14.3 Å². The van der Waals surface area contributed by atoms with E-state index in [1.54, 1.807) is 33.0 Å². The molecule has 132 valence electrons. The van der Waals surface area contributed by atoms with E-state index >= 15 is 0 Å². The first kappa shape index (κ1) is 18.5. The molecule has 1 N–H and O–H groups in total. The third-order valence-electron chi connectivity index (χ3n) is 3.99. The molecule has 0 radical (unpaired) electrons. The second kappa shape index (κ2) is 7.83. The summed E-state index contributed by atoms with van der Waals surface area (Å²) in [6, 6.07) is 16.4. The summed E-state index contributed by atoms with van der Waals surface area (Å²) in [5.74, 6) is -0.0875. The van der Waals surface area contributed by atoms with Crippen LogP contribution in [0.1, 0.15) is 20.8 Å². The Hall–Kier alpha value is -2.82. The molecule has 0 saturated heterocycles. The Balaban J connectivity index is 2.18. The van der Waals surface area contributed by atoms with Gasteiger partial charge in [0.2, 0.25) is 11.8 Å². The van der Waals surface area contributed by atoms with Crippen molar-refractivity contribution in [3.63, 3.8) is 0 Å². The molecule has 2 aromatic carbocycles. The van der Waals surface area contributed by atoms with E-state index < -0.39 is 5.41 Å². The molecular formula is C20H24N2O3. The van der Waals surface area contributed by atoms with Crippen molar-refractivity contribution in [2.45, 2.75) is 20.8 Å². The number of ether oxygens (including phenoxy) is 1. The summed E-state index contributed by atoms with van der Waals surface area (Å²) in [6.07, 6.45) is 0. The number of hydrogen-bond donors (Lipinski definition) is 1. The van der Waals surface area contributed by atoms with Crippen molar-refractivity contribution in [2.75, 3.05) is 23.9 Å². The molecule has 0 aliphatic heterocycles. The molecule has 0 aliphatic rings. The highest BCUT2D eigenvalue weighted by Crippen LogP contribution is 2.28. The van der Waals surface area contributed by atoms with Crippen LogP contribution >= 0.6 is 0 Å². The summed E-state index contributed by atoms with van der Waals surface area (Å²) in [7, 11) is 1.67. The van der Waals surface area contributed by atoms with Crippen LogP contribution in [0.25, 0.3) is 0 Å². The van der Waals surface area contributed by atoms with E-state index in [9.17, 15) is 9.59 Å². The number of carbonyl (C=O) groups is 2. The fraction of sp³-hybridized carbons (Fsp3) is 0.300. The minimum atomic E-state index is -1.23. The number of benzene rings is 2. The van der Waals surface area contributed by atoms with Gasteiger partial charge in [0.05, 0.1) is 12.3 Å². The lowest BCUT2D eigenvalue weighted by Crippen LogP contribution is -2.46. The Morgan fingerprint density at radius 3 is 2.28 bits per heavy atom. The summed E-state index contributed by atoms with van der Waals surface area (Å²) in [5.41, 5.74) is 0.0601. The number of nitrogens with one attached hydrogen (secondary N) is 1. The Kier molecular flexibility index (Phi) is 5.80. The first-order valence-electron chi connectivity index (χ1n) is 8.24. The first-order chi connectivity index (χ1) is 11.9. The van der Waals surface area contributed by atoms with Gasteiger partial charge in [-0.1, -0.05) is 30.3 Å². The molecule has 0 heterocycles. The van der Waals surface area contributed by atoms with Crippen LogP contribution in [0.2, 0.25) is 0 Å². The summed E-state index contributed by atoms with van der Waals surface area (Å²) in [6.45, 7) is 5.60. The molecule has 25 heavy (non-hydrogen) atoms. The molecule has 5 heteroatoms. The number of anilines is 2. The molecule has 0 spiro atoms. The molecular weight excluding hydrogens is 316 g/mol. The third-order valence-corrected chi connectivity index (χ3v) is 3.99. The zero-order valence-corrected chi connectivity index (χ0v) is 15.1. The van der Waals surface area contributed by atoms with Crippen molar-refractivity contribution in [3.8, 4) is 5.75 Å². The third kappa shape index (κ3) is 4.18. The van der Waals surface area contributed by atoms with Crippen molar-refractivity contribution in [3.05, 3.63) is 54.6 Å². The van der Waals surface area contributed by atoms with Crippen molar-refractivity contribution in [2.24, 2.45) is 5.41 Å². The summed E-state index contributed by atoms with van der Waals surface area (Å²) < 4.78 is 5.52. The maximum atomic E-state index is 12.8. The van der Waals surface area contributed by atoms with Gasteiger partial charge in [-0.05, 0) is 45.0 Å². The Labute approximate surface area is 148 Å². The van der Waals surface area contributed by atoms with Crippen LogP contribution in [0, 0.1) is 5.41 Å². The van der Waals surface area contributed by atoms with Crippen molar-refractivity contribution in [1.29, 1.82) is 0 Å². The van der Waals surface area contributed by atoms with Gasteiger partial charge in [0, 0.05) is 12.7 Å². The smallest absolute Gasteiger partial charge is 0.241 e. The highest BCUT2D eigenvalue weighted by molar-refractivity contribution is 6.14. The highest BCUT2D eigenvalue weighted by atomic mass is 16.5. The average Bonchev–Trinajstić information content (AvgIpc) is 2.63. The van der Waals surface area contributed by atoms with Crippen LogP contribution in [-0.2, 0) is 9.59 Å². The molecule has 2 amide bonds. The summed E-state index contributed by atoms with van der Waals surface area (Å²) in [4.78, 5) is 27.1. The molecule has 0 atom stereocenters. The first-order valence-corrected chi connectivity index (χ1v) is 8.24. The van der Waals surface area contributed by atoms with Gasteiger partial charge >= 0.3 is 0 Å². The number of para-hydroxylation sites is 3. The highest BCUT2D eigenvalue weighted by Gasteiger charge is 2.39. The SMILES string of the molecule is CCOc1ccccc1NC(=O)C(C)(C)C(=O)N(C)c1ccccc1. The van der Waals surface area contributed by atoms with Crippen LogP contribution in [0.5, 0.6) is 5.75 Å². The molecule has 0 aromatic heterocycles. The second-order valence-electron chi connectivity index (χ2n) is 6.21. The predicted molar refractivity (Wildman–Crippen MR) is 99.9 cm³/mol. The van der Waals surface area contributed by atoms with E-state index in [2.05, 4.69) is 5.32 Å². The molecule has 0 fully saturated rings. The Morgan fingerprint density at radius 2 is 1.64 bits per heavy atom. The van der Waals surface area contributed by atoms with Crippen LogP contribution in [-0.4, -0.2) is 25.5 Å².